The molecule has 0 aliphatic carbocycles. The molecule has 0 heterocycles. The van der Waals surface area contributed by atoms with E-state index < -0.39 is 5.60 Å². The maximum absolute atomic E-state index is 10.2. The molecule has 0 amide bonds. The quantitative estimate of drug-likeness (QED) is 0.827. The van der Waals surface area contributed by atoms with Crippen LogP contribution in [0.5, 0.6) is 5.75 Å². The molecule has 0 spiro atoms. The summed E-state index contributed by atoms with van der Waals surface area (Å²) < 4.78 is 5.30. The number of methoxy groups -OCH3 is 1. The molecule has 0 saturated carbocycles. The van der Waals surface area contributed by atoms with E-state index in [-0.39, 0.29) is 0 Å². The lowest BCUT2D eigenvalue weighted by molar-refractivity contribution is 0.0529. The molecule has 84 valence electrons. The summed E-state index contributed by atoms with van der Waals surface area (Å²) in [4.78, 5) is 0. The van der Waals surface area contributed by atoms with Crippen molar-refractivity contribution >= 4 is 0 Å². The predicted octanol–water partition coefficient (Wildman–Crippen LogP) is 2.93. The van der Waals surface area contributed by atoms with Crippen LogP contribution in [-0.2, 0) is 5.60 Å². The van der Waals surface area contributed by atoms with Crippen molar-refractivity contribution in [3.05, 3.63) is 28.8 Å². The molecule has 0 aliphatic rings. The van der Waals surface area contributed by atoms with Crippen molar-refractivity contribution in [2.45, 2.75) is 39.7 Å². The first-order valence-electron chi connectivity index (χ1n) is 5.30. The van der Waals surface area contributed by atoms with Crippen LogP contribution in [-0.4, -0.2) is 12.2 Å². The van der Waals surface area contributed by atoms with E-state index in [1.165, 1.54) is 0 Å². The number of rotatable bonds is 3. The van der Waals surface area contributed by atoms with Crippen molar-refractivity contribution < 1.29 is 9.84 Å². The molecule has 0 bridgehead atoms. The van der Waals surface area contributed by atoms with Crippen LogP contribution in [0.3, 0.4) is 0 Å². The van der Waals surface area contributed by atoms with Crippen molar-refractivity contribution in [3.63, 3.8) is 0 Å². The Morgan fingerprint density at radius 3 is 2.07 bits per heavy atom. The molecule has 15 heavy (non-hydrogen) atoms. The van der Waals surface area contributed by atoms with E-state index in [1.54, 1.807) is 7.11 Å². The lowest BCUT2D eigenvalue weighted by Crippen LogP contribution is -2.20. The lowest BCUT2D eigenvalue weighted by Gasteiger charge is -2.24. The number of aryl methyl sites for hydroxylation is 2. The maximum Gasteiger partial charge on any atom is 0.124 e. The first-order chi connectivity index (χ1) is 6.92. The molecule has 1 rings (SSSR count). The zero-order valence-electron chi connectivity index (χ0n) is 10.2. The van der Waals surface area contributed by atoms with Gasteiger partial charge in [0.05, 0.1) is 12.7 Å². The predicted molar refractivity (Wildman–Crippen MR) is 62.3 cm³/mol. The molecule has 0 aromatic heterocycles. The Hall–Kier alpha value is -1.02. The van der Waals surface area contributed by atoms with Crippen LogP contribution >= 0.6 is 0 Å². The van der Waals surface area contributed by atoms with Gasteiger partial charge in [-0.1, -0.05) is 6.92 Å². The molecule has 1 N–H and O–H groups in total. The number of aliphatic hydroxyl groups is 1. The highest BCUT2D eigenvalue weighted by molar-refractivity contribution is 5.44. The first kappa shape index (κ1) is 12.1. The summed E-state index contributed by atoms with van der Waals surface area (Å²) in [6.45, 7) is 7.82. The minimum absolute atomic E-state index is 0.707. The van der Waals surface area contributed by atoms with E-state index in [2.05, 4.69) is 0 Å². The SMILES string of the molecule is CC[C@@](C)(O)c1cc(C)c(OC)c(C)c1. The van der Waals surface area contributed by atoms with Crippen LogP contribution < -0.4 is 4.74 Å². The highest BCUT2D eigenvalue weighted by Crippen LogP contribution is 2.31. The third-order valence-corrected chi connectivity index (χ3v) is 2.97. The molecule has 0 aliphatic heterocycles. The van der Waals surface area contributed by atoms with Crippen LogP contribution in [0.4, 0.5) is 0 Å². The average Bonchev–Trinajstić information content (AvgIpc) is 2.17. The highest BCUT2D eigenvalue weighted by atomic mass is 16.5. The molecule has 2 nitrogen and oxygen atoms in total. The molecular formula is C13H20O2. The van der Waals surface area contributed by atoms with Gasteiger partial charge in [-0.2, -0.15) is 0 Å². The van der Waals surface area contributed by atoms with Crippen LogP contribution in [0.2, 0.25) is 0 Å². The second-order valence-corrected chi connectivity index (χ2v) is 4.27. The topological polar surface area (TPSA) is 29.5 Å². The summed E-state index contributed by atoms with van der Waals surface area (Å²) in [5.41, 5.74) is 2.35. The van der Waals surface area contributed by atoms with Gasteiger partial charge in [-0.25, -0.2) is 0 Å². The number of hydrogen-bond acceptors (Lipinski definition) is 2. The summed E-state index contributed by atoms with van der Waals surface area (Å²) in [5.74, 6) is 0.908. The van der Waals surface area contributed by atoms with Crippen molar-refractivity contribution in [3.8, 4) is 5.75 Å². The molecule has 0 saturated heterocycles. The van der Waals surface area contributed by atoms with E-state index in [0.717, 1.165) is 22.4 Å². The Balaban J connectivity index is 3.26. The standard InChI is InChI=1S/C13H20O2/c1-6-13(4,14)11-7-9(2)12(15-5)10(3)8-11/h7-8,14H,6H2,1-5H3/t13-/m1/s1. The van der Waals surface area contributed by atoms with Crippen molar-refractivity contribution in [1.82, 2.24) is 0 Å². The first-order valence-corrected chi connectivity index (χ1v) is 5.30. The molecule has 1 aromatic carbocycles. The summed E-state index contributed by atoms with van der Waals surface area (Å²) in [7, 11) is 1.67. The number of benzene rings is 1. The molecule has 1 aromatic rings. The number of ether oxygens (including phenoxy) is 1. The van der Waals surface area contributed by atoms with Crippen molar-refractivity contribution in [2.24, 2.45) is 0 Å². The second kappa shape index (κ2) is 4.23. The minimum Gasteiger partial charge on any atom is -0.496 e. The Labute approximate surface area is 91.9 Å². The monoisotopic (exact) mass is 208 g/mol. The summed E-state index contributed by atoms with van der Waals surface area (Å²) >= 11 is 0. The molecule has 2 heteroatoms. The Morgan fingerprint density at radius 1 is 1.27 bits per heavy atom. The smallest absolute Gasteiger partial charge is 0.124 e. The van der Waals surface area contributed by atoms with E-state index in [0.29, 0.717) is 6.42 Å². The summed E-state index contributed by atoms with van der Waals surface area (Å²) in [5, 5.41) is 10.2. The lowest BCUT2D eigenvalue weighted by atomic mass is 9.90. The van der Waals surface area contributed by atoms with Crippen molar-refractivity contribution in [1.29, 1.82) is 0 Å². The van der Waals surface area contributed by atoms with Gasteiger partial charge in [0.15, 0.2) is 0 Å². The third kappa shape index (κ3) is 2.32. The maximum atomic E-state index is 10.2. The van der Waals surface area contributed by atoms with Gasteiger partial charge in [0, 0.05) is 0 Å². The van der Waals surface area contributed by atoms with Gasteiger partial charge in [-0.15, -0.1) is 0 Å². The van der Waals surface area contributed by atoms with Gasteiger partial charge in [0.1, 0.15) is 5.75 Å². The number of hydrogen-bond donors (Lipinski definition) is 1. The average molecular weight is 208 g/mol. The van der Waals surface area contributed by atoms with Gasteiger partial charge < -0.3 is 9.84 Å². The fraction of sp³-hybridized carbons (Fsp3) is 0.538. The van der Waals surface area contributed by atoms with Crippen LogP contribution in [0.1, 0.15) is 37.0 Å². The Bertz CT molecular complexity index is 331. The normalized spacial score (nSPS) is 14.8. The van der Waals surface area contributed by atoms with Crippen LogP contribution in [0.25, 0.3) is 0 Å². The zero-order chi connectivity index (χ0) is 11.6. The van der Waals surface area contributed by atoms with Gasteiger partial charge in [0.25, 0.3) is 0 Å². The van der Waals surface area contributed by atoms with Gasteiger partial charge >= 0.3 is 0 Å². The molecule has 0 radical (unpaired) electrons. The van der Waals surface area contributed by atoms with E-state index >= 15 is 0 Å². The fourth-order valence-electron chi connectivity index (χ4n) is 1.79. The summed E-state index contributed by atoms with van der Waals surface area (Å²) in [6, 6.07) is 3.99. The van der Waals surface area contributed by atoms with E-state index in [4.69, 9.17) is 4.74 Å². The Morgan fingerprint density at radius 2 is 1.73 bits per heavy atom. The Kier molecular flexibility index (Phi) is 3.40. The van der Waals surface area contributed by atoms with Gasteiger partial charge in [-0.05, 0) is 56.0 Å². The summed E-state index contributed by atoms with van der Waals surface area (Å²) in [6.07, 6.45) is 0.707. The highest BCUT2D eigenvalue weighted by Gasteiger charge is 2.22. The second-order valence-electron chi connectivity index (χ2n) is 4.27. The minimum atomic E-state index is -0.748. The molecular weight excluding hydrogens is 188 g/mol. The largest absolute Gasteiger partial charge is 0.496 e. The zero-order valence-corrected chi connectivity index (χ0v) is 10.2. The van der Waals surface area contributed by atoms with Crippen molar-refractivity contribution in [2.75, 3.05) is 7.11 Å². The molecule has 0 unspecified atom stereocenters. The van der Waals surface area contributed by atoms with Gasteiger partial charge in [0.2, 0.25) is 0 Å². The van der Waals surface area contributed by atoms with Crippen LogP contribution in [0, 0.1) is 13.8 Å². The third-order valence-electron chi connectivity index (χ3n) is 2.97. The van der Waals surface area contributed by atoms with E-state index in [9.17, 15) is 5.11 Å². The van der Waals surface area contributed by atoms with Crippen LogP contribution in [0.15, 0.2) is 12.1 Å². The van der Waals surface area contributed by atoms with E-state index in [1.807, 2.05) is 39.8 Å². The fourth-order valence-corrected chi connectivity index (χ4v) is 1.79. The van der Waals surface area contributed by atoms with Gasteiger partial charge in [-0.3, -0.25) is 0 Å². The molecule has 1 atom stereocenters. The molecule has 0 fully saturated rings.